The van der Waals surface area contributed by atoms with Crippen molar-refractivity contribution in [2.24, 2.45) is 0 Å². The molecule has 2 atom stereocenters. The Hall–Kier alpha value is -2.58. The molecule has 6 nitrogen and oxygen atoms in total. The fourth-order valence-corrected chi connectivity index (χ4v) is 4.31. The molecular weight excluding hydrogens is 381 g/mol. The van der Waals surface area contributed by atoms with Gasteiger partial charge < -0.3 is 14.4 Å². The summed E-state index contributed by atoms with van der Waals surface area (Å²) in [6.45, 7) is 4.89. The first-order chi connectivity index (χ1) is 13.5. The second-order valence-electron chi connectivity index (χ2n) is 6.86. The van der Waals surface area contributed by atoms with Crippen LogP contribution in [0.15, 0.2) is 36.0 Å². The van der Waals surface area contributed by atoms with Gasteiger partial charge in [0, 0.05) is 24.0 Å². The minimum Gasteiger partial charge on any atom is -0.467 e. The number of aromatic nitrogens is 2. The molecule has 1 aromatic carbocycles. The normalized spacial score (nSPS) is 19.8. The lowest BCUT2D eigenvalue weighted by Gasteiger charge is -2.35. The Bertz CT molecular complexity index is 982. The number of benzene rings is 1. The fourth-order valence-electron chi connectivity index (χ4n) is 3.40. The highest BCUT2D eigenvalue weighted by Crippen LogP contribution is 2.37. The zero-order valence-corrected chi connectivity index (χ0v) is 16.4. The third kappa shape index (κ3) is 3.83. The van der Waals surface area contributed by atoms with Gasteiger partial charge in [-0.25, -0.2) is 14.4 Å². The van der Waals surface area contributed by atoms with Gasteiger partial charge in [-0.15, -0.1) is 11.3 Å². The molecule has 1 fully saturated rings. The van der Waals surface area contributed by atoms with Crippen molar-refractivity contribution in [1.29, 1.82) is 0 Å². The molecule has 0 aliphatic carbocycles. The molecule has 4 rings (SSSR count). The molecule has 0 bridgehead atoms. The molecule has 2 aromatic heterocycles. The first-order valence-corrected chi connectivity index (χ1v) is 9.93. The number of thiophene rings is 1. The Morgan fingerprint density at radius 3 is 2.68 bits per heavy atom. The molecule has 1 aliphatic heterocycles. The number of nitrogens with zero attached hydrogens (tertiary/aromatic N) is 3. The summed E-state index contributed by atoms with van der Waals surface area (Å²) in [5.74, 6) is -0.0452. The van der Waals surface area contributed by atoms with E-state index in [4.69, 9.17) is 9.47 Å². The van der Waals surface area contributed by atoms with Crippen LogP contribution < -0.4 is 4.74 Å². The van der Waals surface area contributed by atoms with Crippen LogP contribution in [-0.2, 0) is 9.53 Å². The van der Waals surface area contributed by atoms with Gasteiger partial charge in [0.2, 0.25) is 5.88 Å². The number of carbonyl (C=O) groups is 1. The number of ether oxygens (including phenoxy) is 2. The number of rotatable bonds is 4. The summed E-state index contributed by atoms with van der Waals surface area (Å²) in [7, 11) is 0. The van der Waals surface area contributed by atoms with Crippen molar-refractivity contribution < 1.29 is 18.7 Å². The van der Waals surface area contributed by atoms with Gasteiger partial charge in [-0.1, -0.05) is 12.1 Å². The van der Waals surface area contributed by atoms with Crippen molar-refractivity contribution in [2.75, 3.05) is 19.7 Å². The van der Waals surface area contributed by atoms with E-state index in [-0.39, 0.29) is 30.5 Å². The van der Waals surface area contributed by atoms with E-state index in [1.165, 1.54) is 29.8 Å². The molecular formula is C20H20FN3O3S. The highest BCUT2D eigenvalue weighted by Gasteiger charge is 2.26. The Kier molecular flexibility index (Phi) is 5.23. The Labute approximate surface area is 165 Å². The minimum atomic E-state index is -0.296. The molecule has 28 heavy (non-hydrogen) atoms. The van der Waals surface area contributed by atoms with Gasteiger partial charge in [-0.05, 0) is 31.5 Å². The molecule has 0 unspecified atom stereocenters. The van der Waals surface area contributed by atoms with Crippen molar-refractivity contribution in [2.45, 2.75) is 26.1 Å². The van der Waals surface area contributed by atoms with E-state index in [2.05, 4.69) is 9.97 Å². The second kappa shape index (κ2) is 7.81. The largest absolute Gasteiger partial charge is 0.467 e. The average molecular weight is 401 g/mol. The molecule has 0 N–H and O–H groups in total. The Balaban J connectivity index is 1.56. The predicted octanol–water partition coefficient (Wildman–Crippen LogP) is 3.51. The van der Waals surface area contributed by atoms with Crippen LogP contribution >= 0.6 is 11.3 Å². The van der Waals surface area contributed by atoms with Gasteiger partial charge in [-0.3, -0.25) is 4.79 Å². The number of morpholine rings is 1. The van der Waals surface area contributed by atoms with Crippen LogP contribution in [0.5, 0.6) is 5.88 Å². The van der Waals surface area contributed by atoms with Gasteiger partial charge in [0.05, 0.1) is 17.6 Å². The molecule has 0 saturated carbocycles. The van der Waals surface area contributed by atoms with E-state index in [9.17, 15) is 9.18 Å². The average Bonchev–Trinajstić information content (AvgIpc) is 3.10. The van der Waals surface area contributed by atoms with E-state index < -0.39 is 0 Å². The number of carbonyl (C=O) groups excluding carboxylic acids is 1. The first kappa shape index (κ1) is 18.8. The van der Waals surface area contributed by atoms with Crippen molar-refractivity contribution in [3.63, 3.8) is 0 Å². The van der Waals surface area contributed by atoms with E-state index in [0.717, 1.165) is 21.3 Å². The molecule has 3 aromatic rings. The molecule has 0 radical (unpaired) electrons. The third-order valence-corrected chi connectivity index (χ3v) is 5.48. The maximum absolute atomic E-state index is 13.3. The van der Waals surface area contributed by atoms with Crippen molar-refractivity contribution in [1.82, 2.24) is 14.9 Å². The predicted molar refractivity (Wildman–Crippen MR) is 105 cm³/mol. The summed E-state index contributed by atoms with van der Waals surface area (Å²) >= 11 is 1.45. The summed E-state index contributed by atoms with van der Waals surface area (Å²) in [5.41, 5.74) is 1.70. The molecule has 3 heterocycles. The van der Waals surface area contributed by atoms with Gasteiger partial charge in [0.25, 0.3) is 5.91 Å². The topological polar surface area (TPSA) is 64.6 Å². The molecule has 1 aliphatic rings. The number of hydrogen-bond donors (Lipinski definition) is 0. The van der Waals surface area contributed by atoms with E-state index >= 15 is 0 Å². The summed E-state index contributed by atoms with van der Waals surface area (Å²) in [5, 5.41) is 2.67. The fraction of sp³-hybridized carbons (Fsp3) is 0.350. The van der Waals surface area contributed by atoms with Crippen LogP contribution in [0.1, 0.15) is 13.8 Å². The number of halogens is 1. The van der Waals surface area contributed by atoms with Gasteiger partial charge in [-0.2, -0.15) is 0 Å². The molecule has 0 spiro atoms. The van der Waals surface area contributed by atoms with Crippen LogP contribution in [0.2, 0.25) is 0 Å². The minimum absolute atomic E-state index is 0.000379. The van der Waals surface area contributed by atoms with Gasteiger partial charge >= 0.3 is 0 Å². The monoisotopic (exact) mass is 401 g/mol. The number of hydrogen-bond acceptors (Lipinski definition) is 6. The third-order valence-electron chi connectivity index (χ3n) is 4.60. The lowest BCUT2D eigenvalue weighted by Crippen LogP contribution is -2.49. The van der Waals surface area contributed by atoms with Crippen molar-refractivity contribution in [3.8, 4) is 17.0 Å². The maximum Gasteiger partial charge on any atom is 0.260 e. The van der Waals surface area contributed by atoms with Gasteiger partial charge in [0.1, 0.15) is 17.0 Å². The lowest BCUT2D eigenvalue weighted by atomic mass is 10.1. The van der Waals surface area contributed by atoms with E-state index in [1.807, 2.05) is 19.2 Å². The highest BCUT2D eigenvalue weighted by molar-refractivity contribution is 7.17. The lowest BCUT2D eigenvalue weighted by molar-refractivity contribution is -0.145. The molecule has 1 saturated heterocycles. The zero-order valence-electron chi connectivity index (χ0n) is 15.6. The van der Waals surface area contributed by atoms with Crippen molar-refractivity contribution >= 4 is 27.5 Å². The maximum atomic E-state index is 13.3. The smallest absolute Gasteiger partial charge is 0.260 e. The summed E-state index contributed by atoms with van der Waals surface area (Å²) < 4.78 is 24.7. The second-order valence-corrected chi connectivity index (χ2v) is 7.72. The van der Waals surface area contributed by atoms with Crippen molar-refractivity contribution in [3.05, 3.63) is 41.8 Å². The molecule has 1 amide bonds. The summed E-state index contributed by atoms with van der Waals surface area (Å²) in [4.78, 5) is 23.6. The zero-order chi connectivity index (χ0) is 19.7. The standard InChI is InChI=1S/C20H20FN3O3S/c1-12-7-24(8-13(2)27-12)17(25)9-26-19-18-16(10-28-20(18)23-11-22-19)14-3-5-15(21)6-4-14/h3-6,10-13H,7-9H2,1-2H3/t12-,13+. The van der Waals surface area contributed by atoms with Crippen LogP contribution in [-0.4, -0.2) is 52.7 Å². The molecule has 146 valence electrons. The van der Waals surface area contributed by atoms with Crippen LogP contribution in [0.25, 0.3) is 21.3 Å². The number of fused-ring (bicyclic) bond motifs is 1. The number of amides is 1. The van der Waals surface area contributed by atoms with E-state index in [1.54, 1.807) is 17.0 Å². The van der Waals surface area contributed by atoms with Crippen LogP contribution in [0, 0.1) is 5.82 Å². The van der Waals surface area contributed by atoms with Crippen LogP contribution in [0.3, 0.4) is 0 Å². The van der Waals surface area contributed by atoms with E-state index in [0.29, 0.717) is 19.0 Å². The highest BCUT2D eigenvalue weighted by atomic mass is 32.1. The first-order valence-electron chi connectivity index (χ1n) is 9.05. The quantitative estimate of drug-likeness (QED) is 0.669. The SMILES string of the molecule is C[C@@H]1CN(C(=O)COc2ncnc3scc(-c4ccc(F)cc4)c23)C[C@H](C)O1. The van der Waals surface area contributed by atoms with Crippen LogP contribution in [0.4, 0.5) is 4.39 Å². The van der Waals surface area contributed by atoms with Gasteiger partial charge in [0.15, 0.2) is 6.61 Å². The Morgan fingerprint density at radius 1 is 1.25 bits per heavy atom. The summed E-state index contributed by atoms with van der Waals surface area (Å²) in [6.07, 6.45) is 1.42. The molecule has 8 heteroatoms. The Morgan fingerprint density at radius 2 is 1.96 bits per heavy atom. The summed E-state index contributed by atoms with van der Waals surface area (Å²) in [6, 6.07) is 6.23.